The van der Waals surface area contributed by atoms with E-state index in [4.69, 9.17) is 4.74 Å². The third-order valence-electron chi connectivity index (χ3n) is 4.54. The summed E-state index contributed by atoms with van der Waals surface area (Å²) >= 11 is 0. The van der Waals surface area contributed by atoms with Gasteiger partial charge in [-0.2, -0.15) is 13.2 Å². The zero-order valence-electron chi connectivity index (χ0n) is 15.0. The predicted molar refractivity (Wildman–Crippen MR) is 95.9 cm³/mol. The molecule has 1 heterocycles. The fraction of sp³-hybridized carbons (Fsp3) is 0.238. The van der Waals surface area contributed by atoms with Gasteiger partial charge >= 0.3 is 12.1 Å². The lowest BCUT2D eigenvalue weighted by atomic mass is 9.82. The Balaban J connectivity index is 1.95. The van der Waals surface area contributed by atoms with E-state index in [-0.39, 0.29) is 29.9 Å². The molecule has 0 aromatic heterocycles. The standard InChI is InChI=1S/C21H18F3NO3/c1-13-19(20(27)28-12-14-7-3-2-4-8-14)16(11-18(26)25-13)15-9-5-6-10-17(15)21(22,23)24/h2-10,16H,11-12H2,1H3,(H,25,26). The summed E-state index contributed by atoms with van der Waals surface area (Å²) < 4.78 is 45.7. The molecule has 0 spiro atoms. The molecular formula is C21H18F3NO3. The van der Waals surface area contributed by atoms with Crippen LogP contribution in [-0.4, -0.2) is 11.9 Å². The van der Waals surface area contributed by atoms with Crippen LogP contribution in [0.3, 0.4) is 0 Å². The lowest BCUT2D eigenvalue weighted by Gasteiger charge is -2.28. The molecule has 0 saturated heterocycles. The van der Waals surface area contributed by atoms with E-state index >= 15 is 0 Å². The highest BCUT2D eigenvalue weighted by molar-refractivity contribution is 5.96. The molecule has 0 saturated carbocycles. The van der Waals surface area contributed by atoms with Crippen molar-refractivity contribution in [3.8, 4) is 0 Å². The Morgan fingerprint density at radius 3 is 2.43 bits per heavy atom. The SMILES string of the molecule is CC1=C(C(=O)OCc2ccccc2)C(c2ccccc2C(F)(F)F)CC(=O)N1. The average molecular weight is 389 g/mol. The Bertz CT molecular complexity index is 920. The Morgan fingerprint density at radius 1 is 1.11 bits per heavy atom. The number of esters is 1. The lowest BCUT2D eigenvalue weighted by molar-refractivity contribution is -0.142. The first-order valence-corrected chi connectivity index (χ1v) is 8.65. The summed E-state index contributed by atoms with van der Waals surface area (Å²) in [6.45, 7) is 1.47. The Labute approximate surface area is 160 Å². The largest absolute Gasteiger partial charge is 0.457 e. The topological polar surface area (TPSA) is 55.4 Å². The van der Waals surface area contributed by atoms with Crippen molar-refractivity contribution in [1.82, 2.24) is 5.32 Å². The third kappa shape index (κ3) is 4.24. The average Bonchev–Trinajstić information content (AvgIpc) is 2.65. The number of ether oxygens (including phenoxy) is 1. The lowest BCUT2D eigenvalue weighted by Crippen LogP contribution is -2.34. The number of carbonyl (C=O) groups is 2. The minimum Gasteiger partial charge on any atom is -0.457 e. The van der Waals surface area contributed by atoms with Gasteiger partial charge in [-0.1, -0.05) is 48.5 Å². The Hall–Kier alpha value is -3.09. The maximum atomic E-state index is 13.5. The van der Waals surface area contributed by atoms with Crippen LogP contribution in [0.4, 0.5) is 13.2 Å². The number of carbonyl (C=O) groups excluding carboxylic acids is 2. The molecule has 146 valence electrons. The van der Waals surface area contributed by atoms with E-state index in [0.717, 1.165) is 11.6 Å². The second-order valence-corrected chi connectivity index (χ2v) is 6.49. The molecule has 0 fully saturated rings. The van der Waals surface area contributed by atoms with Crippen molar-refractivity contribution in [2.45, 2.75) is 32.0 Å². The second-order valence-electron chi connectivity index (χ2n) is 6.49. The molecule has 7 heteroatoms. The normalized spacial score (nSPS) is 17.3. The van der Waals surface area contributed by atoms with Gasteiger partial charge in [-0.25, -0.2) is 4.79 Å². The van der Waals surface area contributed by atoms with Crippen LogP contribution in [0.2, 0.25) is 0 Å². The van der Waals surface area contributed by atoms with Crippen molar-refractivity contribution in [3.05, 3.63) is 82.6 Å². The maximum absolute atomic E-state index is 13.5. The molecule has 1 atom stereocenters. The van der Waals surface area contributed by atoms with Gasteiger partial charge in [0.1, 0.15) is 6.61 Å². The van der Waals surface area contributed by atoms with Crippen molar-refractivity contribution < 1.29 is 27.5 Å². The first-order valence-electron chi connectivity index (χ1n) is 8.65. The van der Waals surface area contributed by atoms with Crippen LogP contribution in [-0.2, 0) is 27.1 Å². The number of hydrogen-bond donors (Lipinski definition) is 1. The molecule has 2 aromatic carbocycles. The molecule has 1 aliphatic rings. The van der Waals surface area contributed by atoms with Crippen molar-refractivity contribution in [1.29, 1.82) is 0 Å². The molecular weight excluding hydrogens is 371 g/mol. The number of allylic oxidation sites excluding steroid dienone is 1. The summed E-state index contributed by atoms with van der Waals surface area (Å²) in [4.78, 5) is 24.7. The molecule has 3 rings (SSSR count). The van der Waals surface area contributed by atoms with E-state index in [1.165, 1.54) is 25.1 Å². The summed E-state index contributed by atoms with van der Waals surface area (Å²) in [6.07, 6.45) is -4.86. The van der Waals surface area contributed by atoms with Crippen LogP contribution in [0.1, 0.15) is 36.0 Å². The highest BCUT2D eigenvalue weighted by Crippen LogP contribution is 2.41. The fourth-order valence-corrected chi connectivity index (χ4v) is 3.30. The van der Waals surface area contributed by atoms with Crippen molar-refractivity contribution in [2.24, 2.45) is 0 Å². The minimum absolute atomic E-state index is 0.0158. The number of nitrogens with one attached hydrogen (secondary N) is 1. The van der Waals surface area contributed by atoms with Gasteiger partial charge in [-0.15, -0.1) is 0 Å². The summed E-state index contributed by atoms with van der Waals surface area (Å²) in [5, 5.41) is 2.52. The highest BCUT2D eigenvalue weighted by atomic mass is 19.4. The van der Waals surface area contributed by atoms with E-state index in [0.29, 0.717) is 0 Å². The van der Waals surface area contributed by atoms with Gasteiger partial charge in [0, 0.05) is 18.0 Å². The number of amides is 1. The Kier molecular flexibility index (Phi) is 5.53. The first-order chi connectivity index (χ1) is 13.3. The summed E-state index contributed by atoms with van der Waals surface area (Å²) in [7, 11) is 0. The quantitative estimate of drug-likeness (QED) is 0.792. The number of rotatable bonds is 4. The molecule has 0 aliphatic carbocycles. The second kappa shape index (κ2) is 7.88. The van der Waals surface area contributed by atoms with Gasteiger partial charge in [0.2, 0.25) is 5.91 Å². The Morgan fingerprint density at radius 2 is 1.75 bits per heavy atom. The molecule has 0 bridgehead atoms. The van der Waals surface area contributed by atoms with Crippen LogP contribution in [0.5, 0.6) is 0 Å². The molecule has 2 aromatic rings. The van der Waals surface area contributed by atoms with Gasteiger partial charge in [0.25, 0.3) is 0 Å². The summed E-state index contributed by atoms with van der Waals surface area (Å²) in [5.41, 5.74) is 0.0106. The van der Waals surface area contributed by atoms with E-state index in [9.17, 15) is 22.8 Å². The molecule has 1 N–H and O–H groups in total. The molecule has 1 aliphatic heterocycles. The molecule has 1 amide bonds. The van der Waals surface area contributed by atoms with Crippen LogP contribution in [0.25, 0.3) is 0 Å². The third-order valence-corrected chi connectivity index (χ3v) is 4.54. The zero-order chi connectivity index (χ0) is 20.3. The number of hydrogen-bond acceptors (Lipinski definition) is 3. The summed E-state index contributed by atoms with van der Waals surface area (Å²) in [5.74, 6) is -2.22. The number of halogens is 3. The van der Waals surface area contributed by atoms with E-state index in [1.807, 2.05) is 6.07 Å². The zero-order valence-corrected chi connectivity index (χ0v) is 15.0. The monoisotopic (exact) mass is 389 g/mol. The van der Waals surface area contributed by atoms with Crippen LogP contribution in [0, 0.1) is 0 Å². The molecule has 4 nitrogen and oxygen atoms in total. The maximum Gasteiger partial charge on any atom is 0.416 e. The highest BCUT2D eigenvalue weighted by Gasteiger charge is 2.40. The minimum atomic E-state index is -4.60. The first kappa shape index (κ1) is 19.7. The van der Waals surface area contributed by atoms with Crippen molar-refractivity contribution >= 4 is 11.9 Å². The van der Waals surface area contributed by atoms with E-state index in [1.54, 1.807) is 24.3 Å². The van der Waals surface area contributed by atoms with Gasteiger partial charge in [0.15, 0.2) is 0 Å². The van der Waals surface area contributed by atoms with Gasteiger partial charge in [0.05, 0.1) is 11.1 Å². The van der Waals surface area contributed by atoms with Gasteiger partial charge < -0.3 is 10.1 Å². The smallest absolute Gasteiger partial charge is 0.416 e. The fourth-order valence-electron chi connectivity index (χ4n) is 3.30. The molecule has 28 heavy (non-hydrogen) atoms. The predicted octanol–water partition coefficient (Wildman–Crippen LogP) is 4.33. The molecule has 0 radical (unpaired) electrons. The molecule has 1 unspecified atom stereocenters. The van der Waals surface area contributed by atoms with Crippen LogP contribution >= 0.6 is 0 Å². The number of benzene rings is 2. The van der Waals surface area contributed by atoms with Crippen molar-refractivity contribution in [2.75, 3.05) is 0 Å². The van der Waals surface area contributed by atoms with E-state index in [2.05, 4.69) is 5.32 Å². The number of alkyl halides is 3. The van der Waals surface area contributed by atoms with Crippen LogP contribution in [0.15, 0.2) is 65.9 Å². The van der Waals surface area contributed by atoms with Crippen molar-refractivity contribution in [3.63, 3.8) is 0 Å². The van der Waals surface area contributed by atoms with Crippen LogP contribution < -0.4 is 5.32 Å². The van der Waals surface area contributed by atoms with Gasteiger partial charge in [-0.05, 0) is 24.1 Å². The van der Waals surface area contributed by atoms with E-state index < -0.39 is 29.5 Å². The van der Waals surface area contributed by atoms with Gasteiger partial charge in [-0.3, -0.25) is 4.79 Å². The summed E-state index contributed by atoms with van der Waals surface area (Å²) in [6, 6.07) is 13.9.